The van der Waals surface area contributed by atoms with Crippen LogP contribution in [0.3, 0.4) is 0 Å². The number of rotatable bonds is 5. The van der Waals surface area contributed by atoms with Crippen molar-refractivity contribution in [2.45, 2.75) is 39.3 Å². The lowest BCUT2D eigenvalue weighted by atomic mass is 10.2. The summed E-state index contributed by atoms with van der Waals surface area (Å²) in [7, 11) is 0. The van der Waals surface area contributed by atoms with Gasteiger partial charge in [0.25, 0.3) is 5.91 Å². The van der Waals surface area contributed by atoms with E-state index in [1.807, 2.05) is 29.8 Å². The van der Waals surface area contributed by atoms with Gasteiger partial charge in [-0.2, -0.15) is 0 Å². The maximum atomic E-state index is 12.0. The summed E-state index contributed by atoms with van der Waals surface area (Å²) in [4.78, 5) is 12.0. The molecular formula is C12H21N3O. The summed E-state index contributed by atoms with van der Waals surface area (Å²) in [5, 5.41) is 2.93. The maximum absolute atomic E-state index is 12.0. The molecule has 0 fully saturated rings. The number of hydrogen-bond acceptors (Lipinski definition) is 2. The summed E-state index contributed by atoms with van der Waals surface area (Å²) in [6.45, 7) is 6.60. The highest BCUT2D eigenvalue weighted by molar-refractivity contribution is 5.93. The molecule has 0 bridgehead atoms. The Bertz CT molecular complexity index is 340. The van der Waals surface area contributed by atoms with Gasteiger partial charge in [0, 0.05) is 24.8 Å². The van der Waals surface area contributed by atoms with Crippen molar-refractivity contribution in [1.82, 2.24) is 9.88 Å². The standard InChI is InChI=1S/C12H21N3O/c1-4-10(8-13)14-12(16)11-6-5-7-15(11)9(2)3/h5-7,9-10H,4,8,13H2,1-3H3,(H,14,16). The van der Waals surface area contributed by atoms with Crippen molar-refractivity contribution in [3.8, 4) is 0 Å². The highest BCUT2D eigenvalue weighted by atomic mass is 16.2. The molecule has 1 rings (SSSR count). The molecule has 90 valence electrons. The predicted molar refractivity (Wildman–Crippen MR) is 65.4 cm³/mol. The summed E-state index contributed by atoms with van der Waals surface area (Å²) >= 11 is 0. The van der Waals surface area contributed by atoms with E-state index in [0.29, 0.717) is 12.2 Å². The van der Waals surface area contributed by atoms with E-state index >= 15 is 0 Å². The van der Waals surface area contributed by atoms with Gasteiger partial charge in [0.2, 0.25) is 0 Å². The number of nitrogens with one attached hydrogen (secondary N) is 1. The van der Waals surface area contributed by atoms with Crippen LogP contribution in [-0.4, -0.2) is 23.1 Å². The summed E-state index contributed by atoms with van der Waals surface area (Å²) in [5.74, 6) is -0.0454. The molecule has 0 radical (unpaired) electrons. The Kier molecular flexibility index (Phi) is 4.55. The van der Waals surface area contributed by atoms with Crippen LogP contribution < -0.4 is 11.1 Å². The van der Waals surface area contributed by atoms with Crippen LogP contribution in [0, 0.1) is 0 Å². The third-order valence-electron chi connectivity index (χ3n) is 2.68. The Balaban J connectivity index is 2.76. The Morgan fingerprint density at radius 1 is 1.56 bits per heavy atom. The minimum Gasteiger partial charge on any atom is -0.347 e. The second-order valence-corrected chi connectivity index (χ2v) is 4.21. The molecule has 4 nitrogen and oxygen atoms in total. The van der Waals surface area contributed by atoms with Gasteiger partial charge in [-0.15, -0.1) is 0 Å². The van der Waals surface area contributed by atoms with Gasteiger partial charge in [0.1, 0.15) is 5.69 Å². The number of aromatic nitrogens is 1. The van der Waals surface area contributed by atoms with Crippen molar-refractivity contribution >= 4 is 5.91 Å². The fourth-order valence-corrected chi connectivity index (χ4v) is 1.62. The zero-order chi connectivity index (χ0) is 12.1. The average molecular weight is 223 g/mol. The molecule has 1 aromatic heterocycles. The van der Waals surface area contributed by atoms with Gasteiger partial charge in [-0.05, 0) is 32.4 Å². The first-order valence-electron chi connectivity index (χ1n) is 5.77. The Labute approximate surface area is 96.8 Å². The molecule has 3 N–H and O–H groups in total. The van der Waals surface area contributed by atoms with E-state index in [-0.39, 0.29) is 18.0 Å². The highest BCUT2D eigenvalue weighted by Gasteiger charge is 2.15. The first-order chi connectivity index (χ1) is 7.60. The molecule has 0 aliphatic heterocycles. The first kappa shape index (κ1) is 12.8. The molecule has 0 saturated carbocycles. The number of carbonyl (C=O) groups is 1. The van der Waals surface area contributed by atoms with Crippen LogP contribution >= 0.6 is 0 Å². The lowest BCUT2D eigenvalue weighted by molar-refractivity contribution is 0.0926. The third kappa shape index (κ3) is 2.85. The van der Waals surface area contributed by atoms with Crippen molar-refractivity contribution in [3.05, 3.63) is 24.0 Å². The molecule has 1 unspecified atom stereocenters. The first-order valence-corrected chi connectivity index (χ1v) is 5.77. The molecule has 1 atom stereocenters. The van der Waals surface area contributed by atoms with Gasteiger partial charge < -0.3 is 15.6 Å². The second kappa shape index (κ2) is 5.70. The summed E-state index contributed by atoms with van der Waals surface area (Å²) < 4.78 is 1.96. The smallest absolute Gasteiger partial charge is 0.268 e. The van der Waals surface area contributed by atoms with Crippen LogP contribution in [0.4, 0.5) is 0 Å². The lowest BCUT2D eigenvalue weighted by Gasteiger charge is -2.17. The van der Waals surface area contributed by atoms with Gasteiger partial charge in [0.05, 0.1) is 0 Å². The number of amides is 1. The molecule has 0 aliphatic rings. The number of carbonyl (C=O) groups excluding carboxylic acids is 1. The molecule has 0 spiro atoms. The fourth-order valence-electron chi connectivity index (χ4n) is 1.62. The van der Waals surface area contributed by atoms with Crippen LogP contribution in [0.1, 0.15) is 43.7 Å². The Hall–Kier alpha value is -1.29. The zero-order valence-corrected chi connectivity index (χ0v) is 10.2. The molecule has 16 heavy (non-hydrogen) atoms. The van der Waals surface area contributed by atoms with Crippen LogP contribution in [-0.2, 0) is 0 Å². The minimum absolute atomic E-state index is 0.0454. The van der Waals surface area contributed by atoms with Crippen LogP contribution in [0.2, 0.25) is 0 Å². The molecule has 4 heteroatoms. The summed E-state index contributed by atoms with van der Waals surface area (Å²) in [6, 6.07) is 4.06. The van der Waals surface area contributed by atoms with E-state index < -0.39 is 0 Å². The van der Waals surface area contributed by atoms with Gasteiger partial charge in [0.15, 0.2) is 0 Å². The van der Waals surface area contributed by atoms with E-state index in [4.69, 9.17) is 5.73 Å². The van der Waals surface area contributed by atoms with Crippen molar-refractivity contribution in [1.29, 1.82) is 0 Å². The van der Waals surface area contributed by atoms with Crippen molar-refractivity contribution < 1.29 is 4.79 Å². The molecule has 0 aliphatic carbocycles. The molecule has 0 aromatic carbocycles. The topological polar surface area (TPSA) is 60.0 Å². The monoisotopic (exact) mass is 223 g/mol. The van der Waals surface area contributed by atoms with E-state index in [2.05, 4.69) is 19.2 Å². The fraction of sp³-hybridized carbons (Fsp3) is 0.583. The van der Waals surface area contributed by atoms with E-state index in [1.54, 1.807) is 0 Å². The summed E-state index contributed by atoms with van der Waals surface area (Å²) in [5.41, 5.74) is 6.26. The van der Waals surface area contributed by atoms with Crippen molar-refractivity contribution in [2.75, 3.05) is 6.54 Å². The largest absolute Gasteiger partial charge is 0.347 e. The predicted octanol–water partition coefficient (Wildman–Crippen LogP) is 1.54. The molecule has 1 amide bonds. The Morgan fingerprint density at radius 2 is 2.25 bits per heavy atom. The maximum Gasteiger partial charge on any atom is 0.268 e. The van der Waals surface area contributed by atoms with E-state index in [1.165, 1.54) is 0 Å². The van der Waals surface area contributed by atoms with E-state index in [9.17, 15) is 4.79 Å². The third-order valence-corrected chi connectivity index (χ3v) is 2.68. The average Bonchev–Trinajstić information content (AvgIpc) is 2.74. The van der Waals surface area contributed by atoms with Crippen LogP contribution in [0.25, 0.3) is 0 Å². The van der Waals surface area contributed by atoms with Crippen LogP contribution in [0.15, 0.2) is 18.3 Å². The molecule has 0 saturated heterocycles. The number of nitrogens with two attached hydrogens (primary N) is 1. The summed E-state index contributed by atoms with van der Waals surface area (Å²) in [6.07, 6.45) is 2.77. The molecule has 1 aromatic rings. The van der Waals surface area contributed by atoms with Crippen molar-refractivity contribution in [2.24, 2.45) is 5.73 Å². The lowest BCUT2D eigenvalue weighted by Crippen LogP contribution is -2.40. The van der Waals surface area contributed by atoms with Gasteiger partial charge in [-0.1, -0.05) is 6.92 Å². The zero-order valence-electron chi connectivity index (χ0n) is 10.2. The van der Waals surface area contributed by atoms with Crippen molar-refractivity contribution in [3.63, 3.8) is 0 Å². The van der Waals surface area contributed by atoms with Crippen LogP contribution in [0.5, 0.6) is 0 Å². The Morgan fingerprint density at radius 3 is 2.75 bits per heavy atom. The molecular weight excluding hydrogens is 202 g/mol. The number of nitrogens with zero attached hydrogens (tertiary/aromatic N) is 1. The molecule has 1 heterocycles. The quantitative estimate of drug-likeness (QED) is 0.795. The normalized spacial score (nSPS) is 12.8. The van der Waals surface area contributed by atoms with Gasteiger partial charge in [-0.25, -0.2) is 0 Å². The van der Waals surface area contributed by atoms with Gasteiger partial charge in [-0.3, -0.25) is 4.79 Å². The SMILES string of the molecule is CCC(CN)NC(=O)c1cccn1C(C)C. The highest BCUT2D eigenvalue weighted by Crippen LogP contribution is 2.10. The minimum atomic E-state index is -0.0454. The second-order valence-electron chi connectivity index (χ2n) is 4.21. The number of hydrogen-bond donors (Lipinski definition) is 2. The van der Waals surface area contributed by atoms with Gasteiger partial charge >= 0.3 is 0 Å². The van der Waals surface area contributed by atoms with E-state index in [0.717, 1.165) is 6.42 Å².